The van der Waals surface area contributed by atoms with E-state index in [0.717, 1.165) is 4.47 Å². The van der Waals surface area contributed by atoms with E-state index in [-0.39, 0.29) is 16.1 Å². The van der Waals surface area contributed by atoms with Crippen molar-refractivity contribution < 1.29 is 13.3 Å². The SMILES string of the molecule is Cc1c([N+](=O)[O-])cccc1S(=O)(=O)Nc1cccc(Br)c1. The molecule has 2 rings (SSSR count). The zero-order valence-corrected chi connectivity index (χ0v) is 13.3. The van der Waals surface area contributed by atoms with Crippen LogP contribution in [0.1, 0.15) is 5.56 Å². The number of anilines is 1. The van der Waals surface area contributed by atoms with Crippen LogP contribution in [0.2, 0.25) is 0 Å². The molecule has 0 aliphatic rings. The number of halogens is 1. The molecule has 2 aromatic carbocycles. The molecule has 2 aromatic rings. The van der Waals surface area contributed by atoms with Crippen molar-refractivity contribution in [1.29, 1.82) is 0 Å². The van der Waals surface area contributed by atoms with E-state index in [0.29, 0.717) is 5.69 Å². The minimum absolute atomic E-state index is 0.102. The van der Waals surface area contributed by atoms with Gasteiger partial charge in [-0.1, -0.05) is 28.1 Å². The third-order valence-corrected chi connectivity index (χ3v) is 4.84. The van der Waals surface area contributed by atoms with Crippen LogP contribution in [0.4, 0.5) is 11.4 Å². The minimum atomic E-state index is -3.89. The van der Waals surface area contributed by atoms with Gasteiger partial charge in [-0.15, -0.1) is 0 Å². The molecule has 1 N–H and O–H groups in total. The van der Waals surface area contributed by atoms with E-state index < -0.39 is 14.9 Å². The number of nitro benzene ring substituents is 1. The third kappa shape index (κ3) is 3.40. The van der Waals surface area contributed by atoms with Crippen molar-refractivity contribution in [2.24, 2.45) is 0 Å². The second-order valence-electron chi connectivity index (χ2n) is 4.27. The van der Waals surface area contributed by atoms with Gasteiger partial charge in [0.25, 0.3) is 15.7 Å². The maximum Gasteiger partial charge on any atom is 0.273 e. The molecule has 0 unspecified atom stereocenters. The lowest BCUT2D eigenvalue weighted by atomic mass is 10.2. The predicted octanol–water partition coefficient (Wildman–Crippen LogP) is 3.47. The average molecular weight is 371 g/mol. The molecule has 0 aliphatic carbocycles. The smallest absolute Gasteiger partial charge is 0.273 e. The molecule has 0 saturated heterocycles. The van der Waals surface area contributed by atoms with Crippen LogP contribution in [0.3, 0.4) is 0 Å². The van der Waals surface area contributed by atoms with Gasteiger partial charge >= 0.3 is 0 Å². The van der Waals surface area contributed by atoms with E-state index in [2.05, 4.69) is 20.7 Å². The molecule has 0 radical (unpaired) electrons. The van der Waals surface area contributed by atoms with E-state index in [1.807, 2.05) is 0 Å². The summed E-state index contributed by atoms with van der Waals surface area (Å²) in [6.45, 7) is 1.41. The fourth-order valence-corrected chi connectivity index (χ4v) is 3.57. The fraction of sp³-hybridized carbons (Fsp3) is 0.0769. The van der Waals surface area contributed by atoms with Gasteiger partial charge in [0, 0.05) is 21.8 Å². The second-order valence-corrected chi connectivity index (χ2v) is 6.84. The van der Waals surface area contributed by atoms with Gasteiger partial charge in [0.05, 0.1) is 9.82 Å². The molecule has 0 aliphatic heterocycles. The number of sulfonamides is 1. The maximum atomic E-state index is 12.4. The Kier molecular flexibility index (Phi) is 4.29. The zero-order valence-electron chi connectivity index (χ0n) is 10.9. The molecular weight excluding hydrogens is 360 g/mol. The highest BCUT2D eigenvalue weighted by molar-refractivity contribution is 9.10. The van der Waals surface area contributed by atoms with Crippen molar-refractivity contribution in [3.63, 3.8) is 0 Å². The van der Waals surface area contributed by atoms with Gasteiger partial charge in [-0.05, 0) is 31.2 Å². The van der Waals surface area contributed by atoms with E-state index in [1.54, 1.807) is 24.3 Å². The zero-order chi connectivity index (χ0) is 15.6. The summed E-state index contributed by atoms with van der Waals surface area (Å²) in [5.74, 6) is 0. The van der Waals surface area contributed by atoms with Crippen LogP contribution < -0.4 is 4.72 Å². The van der Waals surface area contributed by atoms with Crippen molar-refractivity contribution >= 4 is 37.3 Å². The molecule has 0 aromatic heterocycles. The number of rotatable bonds is 4. The first-order chi connectivity index (χ1) is 9.81. The van der Waals surface area contributed by atoms with Crippen molar-refractivity contribution in [1.82, 2.24) is 0 Å². The molecule has 0 fully saturated rings. The van der Waals surface area contributed by atoms with Gasteiger partial charge in [0.2, 0.25) is 0 Å². The number of nitrogens with zero attached hydrogens (tertiary/aromatic N) is 1. The number of nitro groups is 1. The van der Waals surface area contributed by atoms with Crippen LogP contribution in [-0.2, 0) is 10.0 Å². The largest absolute Gasteiger partial charge is 0.280 e. The quantitative estimate of drug-likeness (QED) is 0.658. The highest BCUT2D eigenvalue weighted by Gasteiger charge is 2.22. The molecule has 8 heteroatoms. The predicted molar refractivity (Wildman–Crippen MR) is 82.8 cm³/mol. The van der Waals surface area contributed by atoms with Crippen LogP contribution in [0.5, 0.6) is 0 Å². The Morgan fingerprint density at radius 3 is 2.48 bits per heavy atom. The van der Waals surface area contributed by atoms with Gasteiger partial charge in [-0.3, -0.25) is 14.8 Å². The van der Waals surface area contributed by atoms with Crippen molar-refractivity contribution in [2.45, 2.75) is 11.8 Å². The summed E-state index contributed by atoms with van der Waals surface area (Å²) in [5, 5.41) is 10.9. The Morgan fingerprint density at radius 1 is 1.19 bits per heavy atom. The lowest BCUT2D eigenvalue weighted by molar-refractivity contribution is -0.385. The first kappa shape index (κ1) is 15.5. The standard InChI is InChI=1S/C13H11BrN2O4S/c1-9-12(16(17)18)6-3-7-13(9)21(19,20)15-11-5-2-4-10(14)8-11/h2-8,15H,1H3. The lowest BCUT2D eigenvalue weighted by Crippen LogP contribution is -2.14. The Hall–Kier alpha value is -1.93. The molecule has 6 nitrogen and oxygen atoms in total. The van der Waals surface area contributed by atoms with Gasteiger partial charge in [-0.2, -0.15) is 0 Å². The topological polar surface area (TPSA) is 89.3 Å². The number of hydrogen-bond donors (Lipinski definition) is 1. The summed E-state index contributed by atoms with van der Waals surface area (Å²) in [6, 6.07) is 10.6. The molecule has 110 valence electrons. The van der Waals surface area contributed by atoms with E-state index in [4.69, 9.17) is 0 Å². The highest BCUT2D eigenvalue weighted by atomic mass is 79.9. The normalized spacial score (nSPS) is 11.1. The van der Waals surface area contributed by atoms with Crippen LogP contribution in [0.25, 0.3) is 0 Å². The first-order valence-corrected chi connectivity index (χ1v) is 8.11. The molecule has 0 spiro atoms. The van der Waals surface area contributed by atoms with E-state index >= 15 is 0 Å². The summed E-state index contributed by atoms with van der Waals surface area (Å²) in [5.41, 5.74) is 0.243. The fourth-order valence-electron chi connectivity index (χ4n) is 1.85. The monoisotopic (exact) mass is 370 g/mol. The molecular formula is C13H11BrN2O4S. The Labute approximate surface area is 130 Å². The van der Waals surface area contributed by atoms with Crippen LogP contribution in [0.15, 0.2) is 51.8 Å². The lowest BCUT2D eigenvalue weighted by Gasteiger charge is -2.10. The van der Waals surface area contributed by atoms with Crippen molar-refractivity contribution in [3.05, 3.63) is 62.6 Å². The molecule has 0 atom stereocenters. The second kappa shape index (κ2) is 5.82. The van der Waals surface area contributed by atoms with Crippen LogP contribution >= 0.6 is 15.9 Å². The van der Waals surface area contributed by atoms with Crippen LogP contribution in [-0.4, -0.2) is 13.3 Å². The molecule has 0 bridgehead atoms. The maximum absolute atomic E-state index is 12.4. The summed E-state index contributed by atoms with van der Waals surface area (Å²) in [6.07, 6.45) is 0. The number of nitrogens with one attached hydrogen (secondary N) is 1. The average Bonchev–Trinajstić information content (AvgIpc) is 2.37. The van der Waals surface area contributed by atoms with Gasteiger partial charge in [-0.25, -0.2) is 8.42 Å². The van der Waals surface area contributed by atoms with Gasteiger partial charge in [0.15, 0.2) is 0 Å². The van der Waals surface area contributed by atoms with Gasteiger partial charge in [0.1, 0.15) is 0 Å². The summed E-state index contributed by atoms with van der Waals surface area (Å²) in [7, 11) is -3.89. The Morgan fingerprint density at radius 2 is 1.86 bits per heavy atom. The number of hydrogen-bond acceptors (Lipinski definition) is 4. The van der Waals surface area contributed by atoms with Crippen molar-refractivity contribution in [2.75, 3.05) is 4.72 Å². The summed E-state index contributed by atoms with van der Waals surface area (Å²) < 4.78 is 27.8. The molecule has 0 amide bonds. The minimum Gasteiger partial charge on any atom is -0.280 e. The third-order valence-electron chi connectivity index (χ3n) is 2.82. The van der Waals surface area contributed by atoms with E-state index in [1.165, 1.54) is 25.1 Å². The van der Waals surface area contributed by atoms with Crippen LogP contribution in [0, 0.1) is 17.0 Å². The first-order valence-electron chi connectivity index (χ1n) is 5.83. The molecule has 0 heterocycles. The Bertz CT molecular complexity index is 806. The number of benzene rings is 2. The Balaban J connectivity index is 2.45. The van der Waals surface area contributed by atoms with Crippen molar-refractivity contribution in [3.8, 4) is 0 Å². The summed E-state index contributed by atoms with van der Waals surface area (Å²) >= 11 is 3.25. The van der Waals surface area contributed by atoms with Gasteiger partial charge < -0.3 is 0 Å². The van der Waals surface area contributed by atoms with E-state index in [9.17, 15) is 18.5 Å². The molecule has 0 saturated carbocycles. The highest BCUT2D eigenvalue weighted by Crippen LogP contribution is 2.27. The molecule has 21 heavy (non-hydrogen) atoms. The summed E-state index contributed by atoms with van der Waals surface area (Å²) in [4.78, 5) is 10.2.